The number of likely N-dealkylation sites (N-methyl/N-ethyl adjacent to an activating group) is 1. The fourth-order valence-electron chi connectivity index (χ4n) is 6.91. The van der Waals surface area contributed by atoms with Gasteiger partial charge in [0.15, 0.2) is 12.4 Å². The highest BCUT2D eigenvalue weighted by Crippen LogP contribution is 2.14. The molecule has 0 amide bonds. The highest BCUT2D eigenvalue weighted by Gasteiger charge is 2.21. The van der Waals surface area contributed by atoms with Crippen LogP contribution in [0.15, 0.2) is 72.9 Å². The number of carbonyl (C=O) groups excluding carboxylic acids is 3. The Balaban J connectivity index is 4.39. The van der Waals surface area contributed by atoms with Gasteiger partial charge in [0.25, 0.3) is 0 Å². The molecular formula is C56H97NO8. The second-order valence-electron chi connectivity index (χ2n) is 18.4. The maximum Gasteiger partial charge on any atom is 0.306 e. The summed E-state index contributed by atoms with van der Waals surface area (Å²) >= 11 is 0. The lowest BCUT2D eigenvalue weighted by atomic mass is 10.1. The zero-order valence-corrected chi connectivity index (χ0v) is 42.3. The van der Waals surface area contributed by atoms with Crippen LogP contribution in [0.5, 0.6) is 0 Å². The van der Waals surface area contributed by atoms with Crippen molar-refractivity contribution >= 4 is 17.9 Å². The number of hydrogen-bond donors (Lipinski definition) is 0. The van der Waals surface area contributed by atoms with Crippen LogP contribution in [-0.4, -0.2) is 82.3 Å². The largest absolute Gasteiger partial charge is 0.545 e. The third-order valence-corrected chi connectivity index (χ3v) is 10.9. The molecule has 9 nitrogen and oxygen atoms in total. The minimum absolute atomic E-state index is 0.137. The second-order valence-corrected chi connectivity index (χ2v) is 18.4. The van der Waals surface area contributed by atoms with Gasteiger partial charge in [0.2, 0.25) is 0 Å². The van der Waals surface area contributed by atoms with Crippen LogP contribution >= 0.6 is 0 Å². The molecule has 2 unspecified atom stereocenters. The van der Waals surface area contributed by atoms with Crippen molar-refractivity contribution in [2.45, 2.75) is 219 Å². The van der Waals surface area contributed by atoms with Crippen molar-refractivity contribution < 1.29 is 42.9 Å². The maximum absolute atomic E-state index is 12.8. The van der Waals surface area contributed by atoms with Crippen molar-refractivity contribution in [1.29, 1.82) is 0 Å². The van der Waals surface area contributed by atoms with Crippen molar-refractivity contribution in [3.05, 3.63) is 72.9 Å². The highest BCUT2D eigenvalue weighted by molar-refractivity contribution is 5.70. The third kappa shape index (κ3) is 48.5. The Hall–Kier alpha value is -3.27. The standard InChI is InChI=1S/C56H97NO8/c1-6-8-10-12-14-16-18-20-22-24-26-27-29-30-32-34-36-38-40-42-44-46-53(58)63-50-52(51-64-56(55(60)61)62-49-48-57(3,4)5)65-54(59)47-45-43-41-39-37-35-33-31-28-25-23-21-19-17-15-13-11-9-7-2/h9,11,15,17,21,23-24,26,28,31,35,37,52,56H,6-8,10,12-14,16,18-20,22,25,27,29-30,32-34,36,38-51H2,1-5H3/b11-9-,17-15-,23-21-,26-24-,31-28-,37-35-. The Kier molecular flexibility index (Phi) is 44.9. The lowest BCUT2D eigenvalue weighted by Gasteiger charge is -2.26. The van der Waals surface area contributed by atoms with E-state index in [1.807, 2.05) is 21.1 Å². The van der Waals surface area contributed by atoms with Crippen LogP contribution < -0.4 is 5.11 Å². The second kappa shape index (κ2) is 47.2. The molecule has 0 N–H and O–H groups in total. The number of unbranched alkanes of at least 4 members (excludes halogenated alkanes) is 20. The zero-order chi connectivity index (χ0) is 47.7. The summed E-state index contributed by atoms with van der Waals surface area (Å²) in [5.41, 5.74) is 0. The van der Waals surface area contributed by atoms with E-state index in [2.05, 4.69) is 86.8 Å². The van der Waals surface area contributed by atoms with Crippen molar-refractivity contribution in [2.24, 2.45) is 0 Å². The molecule has 9 heteroatoms. The molecular weight excluding hydrogens is 815 g/mol. The molecule has 0 spiro atoms. The van der Waals surface area contributed by atoms with Crippen molar-refractivity contribution in [1.82, 2.24) is 0 Å². The molecule has 374 valence electrons. The van der Waals surface area contributed by atoms with E-state index in [0.717, 1.165) is 70.6 Å². The normalized spacial score (nSPS) is 13.4. The van der Waals surface area contributed by atoms with Crippen molar-refractivity contribution in [3.63, 3.8) is 0 Å². The van der Waals surface area contributed by atoms with Gasteiger partial charge in [-0.15, -0.1) is 0 Å². The number of carboxylic acid groups (broad SMARTS) is 1. The van der Waals surface area contributed by atoms with Gasteiger partial charge in [-0.25, -0.2) is 0 Å². The van der Waals surface area contributed by atoms with Gasteiger partial charge in [0.1, 0.15) is 13.2 Å². The van der Waals surface area contributed by atoms with Crippen LogP contribution in [0.3, 0.4) is 0 Å². The number of aliphatic carboxylic acids is 1. The quantitative estimate of drug-likeness (QED) is 0.0195. The lowest BCUT2D eigenvalue weighted by Crippen LogP contribution is -2.44. The van der Waals surface area contributed by atoms with E-state index < -0.39 is 24.3 Å². The van der Waals surface area contributed by atoms with E-state index in [1.54, 1.807) is 0 Å². The van der Waals surface area contributed by atoms with Crippen LogP contribution in [0, 0.1) is 0 Å². The molecule has 0 aromatic heterocycles. The summed E-state index contributed by atoms with van der Waals surface area (Å²) in [4.78, 5) is 37.2. The maximum atomic E-state index is 12.8. The average Bonchev–Trinajstić information content (AvgIpc) is 3.27. The summed E-state index contributed by atoms with van der Waals surface area (Å²) in [7, 11) is 5.90. The van der Waals surface area contributed by atoms with Crippen LogP contribution in [0.25, 0.3) is 0 Å². The van der Waals surface area contributed by atoms with Gasteiger partial charge in [0.05, 0.1) is 40.3 Å². The SMILES string of the molecule is CC/C=C\C/C=C\C/C=C\C/C=C\C/C=C\CCCCCC(=O)OC(COC(=O)CCCCCCCCCCC/C=C\CCCCCCCCCC)COC(OCC[N+](C)(C)C)C(=O)[O-]. The van der Waals surface area contributed by atoms with E-state index in [-0.39, 0.29) is 38.6 Å². The molecule has 0 aliphatic heterocycles. The van der Waals surface area contributed by atoms with Crippen LogP contribution in [0.4, 0.5) is 0 Å². The van der Waals surface area contributed by atoms with E-state index in [9.17, 15) is 19.5 Å². The van der Waals surface area contributed by atoms with Gasteiger partial charge in [-0.05, 0) is 83.5 Å². The number of rotatable bonds is 47. The molecule has 0 aromatic carbocycles. The van der Waals surface area contributed by atoms with E-state index >= 15 is 0 Å². The number of carbonyl (C=O) groups is 3. The average molecular weight is 912 g/mol. The number of ether oxygens (including phenoxy) is 4. The predicted octanol–water partition coefficient (Wildman–Crippen LogP) is 13.3. The Morgan fingerprint density at radius 3 is 1.34 bits per heavy atom. The van der Waals surface area contributed by atoms with E-state index in [4.69, 9.17) is 18.9 Å². The first-order valence-electron chi connectivity index (χ1n) is 26.1. The van der Waals surface area contributed by atoms with Crippen molar-refractivity contribution in [3.8, 4) is 0 Å². The number of esters is 2. The molecule has 0 saturated heterocycles. The Bertz CT molecular complexity index is 1290. The first kappa shape index (κ1) is 61.7. The smallest absolute Gasteiger partial charge is 0.306 e. The van der Waals surface area contributed by atoms with Crippen LogP contribution in [0.2, 0.25) is 0 Å². The molecule has 0 bridgehead atoms. The Morgan fingerprint density at radius 1 is 0.477 bits per heavy atom. The van der Waals surface area contributed by atoms with Crippen LogP contribution in [-0.2, 0) is 33.3 Å². The summed E-state index contributed by atoms with van der Waals surface area (Å²) < 4.78 is 22.6. The summed E-state index contributed by atoms with van der Waals surface area (Å²) in [5.74, 6) is -2.33. The molecule has 0 radical (unpaired) electrons. The lowest BCUT2D eigenvalue weighted by molar-refractivity contribution is -0.870. The number of hydrogen-bond acceptors (Lipinski definition) is 8. The molecule has 0 aliphatic carbocycles. The molecule has 0 rings (SSSR count). The fourth-order valence-corrected chi connectivity index (χ4v) is 6.91. The summed E-state index contributed by atoms with van der Waals surface area (Å²) in [6.07, 6.45) is 56.5. The molecule has 0 aromatic rings. The zero-order valence-electron chi connectivity index (χ0n) is 42.3. The minimum Gasteiger partial charge on any atom is -0.545 e. The van der Waals surface area contributed by atoms with Crippen molar-refractivity contribution in [2.75, 3.05) is 47.5 Å². The molecule has 2 atom stereocenters. The van der Waals surface area contributed by atoms with Gasteiger partial charge >= 0.3 is 11.9 Å². The topological polar surface area (TPSA) is 111 Å². The van der Waals surface area contributed by atoms with E-state index in [1.165, 1.54) is 103 Å². The molecule has 0 aliphatic rings. The monoisotopic (exact) mass is 912 g/mol. The first-order chi connectivity index (χ1) is 31.6. The van der Waals surface area contributed by atoms with Gasteiger partial charge in [-0.1, -0.05) is 183 Å². The number of quaternary nitrogens is 1. The predicted molar refractivity (Wildman–Crippen MR) is 269 cm³/mol. The molecule has 0 heterocycles. The highest BCUT2D eigenvalue weighted by atomic mass is 16.7. The van der Waals surface area contributed by atoms with Gasteiger partial charge < -0.3 is 33.3 Å². The number of allylic oxidation sites excluding steroid dienone is 12. The number of carboxylic acids is 1. The summed E-state index contributed by atoms with van der Waals surface area (Å²) in [6, 6.07) is 0. The van der Waals surface area contributed by atoms with Gasteiger partial charge in [-0.3, -0.25) is 9.59 Å². The summed E-state index contributed by atoms with van der Waals surface area (Å²) in [5, 5.41) is 11.7. The minimum atomic E-state index is -1.63. The Labute approximate surface area is 398 Å². The third-order valence-electron chi connectivity index (χ3n) is 10.9. The number of nitrogens with zero attached hydrogens (tertiary/aromatic N) is 1. The summed E-state index contributed by atoms with van der Waals surface area (Å²) in [6.45, 7) is 4.59. The van der Waals surface area contributed by atoms with Gasteiger partial charge in [-0.2, -0.15) is 0 Å². The Morgan fingerprint density at radius 2 is 0.877 bits per heavy atom. The molecule has 0 saturated carbocycles. The first-order valence-corrected chi connectivity index (χ1v) is 26.1. The molecule has 65 heavy (non-hydrogen) atoms. The van der Waals surface area contributed by atoms with Gasteiger partial charge in [0, 0.05) is 12.8 Å². The van der Waals surface area contributed by atoms with Crippen LogP contribution in [0.1, 0.15) is 206 Å². The molecule has 0 fully saturated rings. The van der Waals surface area contributed by atoms with E-state index in [0.29, 0.717) is 17.4 Å². The fraction of sp³-hybridized carbons (Fsp3) is 0.732.